The van der Waals surface area contributed by atoms with E-state index in [1.54, 1.807) is 13.1 Å². The predicted molar refractivity (Wildman–Crippen MR) is 68.0 cm³/mol. The molecule has 0 spiro atoms. The van der Waals surface area contributed by atoms with Crippen molar-refractivity contribution in [1.29, 1.82) is 0 Å². The van der Waals surface area contributed by atoms with E-state index in [0.29, 0.717) is 5.75 Å². The number of aliphatic hydroxyl groups excluding tert-OH is 1. The normalized spacial score (nSPS) is 14.4. The summed E-state index contributed by atoms with van der Waals surface area (Å²) in [5, 5.41) is 12.6. The Labute approximate surface area is 103 Å². The number of aromatic nitrogens is 1. The fourth-order valence-electron chi connectivity index (χ4n) is 1.29. The fraction of sp³-hybridized carbons (Fsp3) is 0.615. The molecule has 0 saturated carbocycles. The maximum atomic E-state index is 9.32. The molecule has 96 valence electrons. The first-order chi connectivity index (χ1) is 8.13. The van der Waals surface area contributed by atoms with Gasteiger partial charge in [-0.05, 0) is 38.9 Å². The Kier molecular flexibility index (Phi) is 5.94. The lowest BCUT2D eigenvalue weighted by atomic mass is 10.2. The van der Waals surface area contributed by atoms with E-state index in [4.69, 9.17) is 4.74 Å². The van der Waals surface area contributed by atoms with Gasteiger partial charge in [-0.2, -0.15) is 0 Å². The zero-order valence-corrected chi connectivity index (χ0v) is 10.8. The number of pyridine rings is 1. The van der Waals surface area contributed by atoms with E-state index < -0.39 is 6.10 Å². The summed E-state index contributed by atoms with van der Waals surface area (Å²) in [6, 6.07) is 3.82. The largest absolute Gasteiger partial charge is 0.486 e. The van der Waals surface area contributed by atoms with Crippen molar-refractivity contribution in [3.8, 4) is 5.75 Å². The van der Waals surface area contributed by atoms with Crippen molar-refractivity contribution >= 4 is 0 Å². The lowest BCUT2D eigenvalue weighted by molar-refractivity contribution is 0.0602. The SMILES string of the molecule is CCCNCc1ccc(OC(C)C(C)O)cn1. The van der Waals surface area contributed by atoms with Gasteiger partial charge < -0.3 is 15.2 Å². The van der Waals surface area contributed by atoms with Crippen molar-refractivity contribution in [1.82, 2.24) is 10.3 Å². The third-order valence-corrected chi connectivity index (χ3v) is 2.53. The lowest BCUT2D eigenvalue weighted by Crippen LogP contribution is -2.25. The summed E-state index contributed by atoms with van der Waals surface area (Å²) in [4.78, 5) is 4.29. The Hall–Kier alpha value is -1.13. The van der Waals surface area contributed by atoms with Gasteiger partial charge in [-0.25, -0.2) is 0 Å². The van der Waals surface area contributed by atoms with Crippen LogP contribution in [0.2, 0.25) is 0 Å². The van der Waals surface area contributed by atoms with Crippen molar-refractivity contribution in [2.45, 2.75) is 45.9 Å². The van der Waals surface area contributed by atoms with Crippen LogP contribution < -0.4 is 10.1 Å². The van der Waals surface area contributed by atoms with Gasteiger partial charge in [0.25, 0.3) is 0 Å². The molecule has 0 aromatic carbocycles. The number of aliphatic hydroxyl groups is 1. The van der Waals surface area contributed by atoms with Crippen molar-refractivity contribution in [3.05, 3.63) is 24.0 Å². The molecule has 4 heteroatoms. The van der Waals surface area contributed by atoms with Crippen molar-refractivity contribution in [2.75, 3.05) is 6.54 Å². The smallest absolute Gasteiger partial charge is 0.138 e. The first-order valence-electron chi connectivity index (χ1n) is 6.13. The molecular formula is C13H22N2O2. The van der Waals surface area contributed by atoms with Crippen LogP contribution in [0, 0.1) is 0 Å². The van der Waals surface area contributed by atoms with Crippen LogP contribution >= 0.6 is 0 Å². The molecule has 0 amide bonds. The summed E-state index contributed by atoms with van der Waals surface area (Å²) in [7, 11) is 0. The molecule has 2 unspecified atom stereocenters. The second-order valence-corrected chi connectivity index (χ2v) is 4.23. The number of nitrogens with one attached hydrogen (secondary N) is 1. The van der Waals surface area contributed by atoms with E-state index in [1.165, 1.54) is 0 Å². The summed E-state index contributed by atoms with van der Waals surface area (Å²) in [5.41, 5.74) is 0.996. The van der Waals surface area contributed by atoms with Gasteiger partial charge in [-0.15, -0.1) is 0 Å². The monoisotopic (exact) mass is 238 g/mol. The summed E-state index contributed by atoms with van der Waals surface area (Å²) in [5.74, 6) is 0.692. The fourth-order valence-corrected chi connectivity index (χ4v) is 1.29. The molecule has 2 atom stereocenters. The Morgan fingerprint density at radius 1 is 1.41 bits per heavy atom. The standard InChI is InChI=1S/C13H22N2O2/c1-4-7-14-8-12-5-6-13(9-15-12)17-11(3)10(2)16/h5-6,9-11,14,16H,4,7-8H2,1-3H3. The van der Waals surface area contributed by atoms with Crippen molar-refractivity contribution in [3.63, 3.8) is 0 Å². The Morgan fingerprint density at radius 2 is 2.18 bits per heavy atom. The van der Waals surface area contributed by atoms with Crippen molar-refractivity contribution < 1.29 is 9.84 Å². The topological polar surface area (TPSA) is 54.4 Å². The molecule has 1 heterocycles. The zero-order valence-electron chi connectivity index (χ0n) is 10.8. The minimum Gasteiger partial charge on any atom is -0.486 e. The molecule has 0 radical (unpaired) electrons. The van der Waals surface area contributed by atoms with Gasteiger partial charge in [0.15, 0.2) is 0 Å². The summed E-state index contributed by atoms with van der Waals surface area (Å²) >= 11 is 0. The van der Waals surface area contributed by atoms with Crippen LogP contribution in [-0.2, 0) is 6.54 Å². The summed E-state index contributed by atoms with van der Waals surface area (Å²) < 4.78 is 5.52. The molecule has 0 aliphatic heterocycles. The molecule has 1 aromatic heterocycles. The van der Waals surface area contributed by atoms with Gasteiger partial charge in [0.1, 0.15) is 11.9 Å². The van der Waals surface area contributed by atoms with E-state index >= 15 is 0 Å². The van der Waals surface area contributed by atoms with Crippen LogP contribution in [0.5, 0.6) is 5.75 Å². The van der Waals surface area contributed by atoms with Gasteiger partial charge in [-0.1, -0.05) is 6.92 Å². The van der Waals surface area contributed by atoms with Crippen LogP contribution in [0.4, 0.5) is 0 Å². The average molecular weight is 238 g/mol. The van der Waals surface area contributed by atoms with Gasteiger partial charge in [0.2, 0.25) is 0 Å². The molecule has 2 N–H and O–H groups in total. The molecule has 4 nitrogen and oxygen atoms in total. The highest BCUT2D eigenvalue weighted by Gasteiger charge is 2.10. The Bertz CT molecular complexity index is 312. The second-order valence-electron chi connectivity index (χ2n) is 4.23. The second kappa shape index (κ2) is 7.25. The van der Waals surface area contributed by atoms with E-state index in [2.05, 4.69) is 17.2 Å². The molecule has 1 rings (SSSR count). The number of hydrogen-bond acceptors (Lipinski definition) is 4. The molecule has 0 saturated heterocycles. The molecular weight excluding hydrogens is 216 g/mol. The highest BCUT2D eigenvalue weighted by atomic mass is 16.5. The first kappa shape index (κ1) is 13.9. The molecule has 17 heavy (non-hydrogen) atoms. The van der Waals surface area contributed by atoms with Crippen LogP contribution in [-0.4, -0.2) is 28.8 Å². The highest BCUT2D eigenvalue weighted by Crippen LogP contribution is 2.12. The number of ether oxygens (including phenoxy) is 1. The first-order valence-corrected chi connectivity index (χ1v) is 6.13. The van der Waals surface area contributed by atoms with Crippen LogP contribution in [0.1, 0.15) is 32.9 Å². The molecule has 0 aliphatic carbocycles. The van der Waals surface area contributed by atoms with Crippen molar-refractivity contribution in [2.24, 2.45) is 0 Å². The average Bonchev–Trinajstić information content (AvgIpc) is 2.31. The van der Waals surface area contributed by atoms with E-state index in [0.717, 1.165) is 25.2 Å². The Balaban J connectivity index is 2.44. The number of nitrogens with zero attached hydrogens (tertiary/aromatic N) is 1. The van der Waals surface area contributed by atoms with Gasteiger partial charge >= 0.3 is 0 Å². The maximum absolute atomic E-state index is 9.32. The molecule has 0 aliphatic rings. The summed E-state index contributed by atoms with van der Waals surface area (Å²) in [6.07, 6.45) is 2.11. The van der Waals surface area contributed by atoms with Gasteiger partial charge in [0, 0.05) is 6.54 Å². The minimum absolute atomic E-state index is 0.221. The minimum atomic E-state index is -0.485. The molecule has 0 bridgehead atoms. The third kappa shape index (κ3) is 5.15. The van der Waals surface area contributed by atoms with Gasteiger partial charge in [-0.3, -0.25) is 4.98 Å². The van der Waals surface area contributed by atoms with E-state index in [-0.39, 0.29) is 6.10 Å². The third-order valence-electron chi connectivity index (χ3n) is 2.53. The number of hydrogen-bond donors (Lipinski definition) is 2. The van der Waals surface area contributed by atoms with E-state index in [1.807, 2.05) is 19.1 Å². The lowest BCUT2D eigenvalue weighted by Gasteiger charge is -2.16. The van der Waals surface area contributed by atoms with E-state index in [9.17, 15) is 5.11 Å². The van der Waals surface area contributed by atoms with Crippen LogP contribution in [0.15, 0.2) is 18.3 Å². The van der Waals surface area contributed by atoms with Gasteiger partial charge in [0.05, 0.1) is 18.0 Å². The molecule has 1 aromatic rings. The zero-order chi connectivity index (χ0) is 12.7. The number of rotatable bonds is 7. The van der Waals surface area contributed by atoms with Crippen LogP contribution in [0.3, 0.4) is 0 Å². The predicted octanol–water partition coefficient (Wildman–Crippen LogP) is 1.73. The Morgan fingerprint density at radius 3 is 2.71 bits per heavy atom. The quantitative estimate of drug-likeness (QED) is 0.710. The molecule has 0 fully saturated rings. The van der Waals surface area contributed by atoms with Crippen LogP contribution in [0.25, 0.3) is 0 Å². The summed E-state index contributed by atoms with van der Waals surface area (Å²) in [6.45, 7) is 7.45. The maximum Gasteiger partial charge on any atom is 0.138 e. The highest BCUT2D eigenvalue weighted by molar-refractivity contribution is 5.20.